The molecule has 3 aromatic rings. The van der Waals surface area contributed by atoms with Crippen LogP contribution in [0.25, 0.3) is 11.1 Å². The minimum absolute atomic E-state index is 0.0317. The summed E-state index contributed by atoms with van der Waals surface area (Å²) in [6.45, 7) is 1.83. The molecule has 0 spiro atoms. The lowest BCUT2D eigenvalue weighted by molar-refractivity contribution is 0.0699. The zero-order chi connectivity index (χ0) is 19.7. The maximum atomic E-state index is 12.5. The Labute approximate surface area is 174 Å². The van der Waals surface area contributed by atoms with Crippen LogP contribution >= 0.6 is 46.1 Å². The van der Waals surface area contributed by atoms with Gasteiger partial charge < -0.3 is 10.4 Å². The predicted octanol–water partition coefficient (Wildman–Crippen LogP) is 6.63. The van der Waals surface area contributed by atoms with E-state index in [9.17, 15) is 14.7 Å². The molecule has 2 N–H and O–H groups in total. The molecule has 0 saturated heterocycles. The van der Waals surface area contributed by atoms with Crippen LogP contribution in [0.5, 0.6) is 0 Å². The fraction of sp³-hybridized carbons (Fsp3) is 0.0526. The molecule has 0 aliphatic heterocycles. The van der Waals surface area contributed by atoms with Crippen LogP contribution in [0.4, 0.5) is 5.00 Å². The van der Waals surface area contributed by atoms with Crippen molar-refractivity contribution in [2.45, 2.75) is 6.92 Å². The number of carbonyl (C=O) groups excluding carboxylic acids is 1. The second kappa shape index (κ2) is 7.90. The fourth-order valence-electron chi connectivity index (χ4n) is 2.48. The standard InChI is InChI=1S/C19H12Cl3NO3S/c1-9-2-3-10(6-14(9)21)17(24)23-18-16(19(25)26)13(8-27-18)12-5-4-11(20)7-15(12)22/h2-8H,1H3,(H,23,24)(H,25,26). The van der Waals surface area contributed by atoms with Crippen molar-refractivity contribution in [3.63, 3.8) is 0 Å². The normalized spacial score (nSPS) is 10.7. The predicted molar refractivity (Wildman–Crippen MR) is 111 cm³/mol. The van der Waals surface area contributed by atoms with Crippen molar-refractivity contribution in [2.75, 3.05) is 5.32 Å². The number of aromatic carboxylic acids is 1. The number of hydrogen-bond donors (Lipinski definition) is 2. The maximum absolute atomic E-state index is 12.5. The van der Waals surface area contributed by atoms with Crippen molar-refractivity contribution >= 4 is 63.0 Å². The van der Waals surface area contributed by atoms with Gasteiger partial charge in [0, 0.05) is 37.1 Å². The van der Waals surface area contributed by atoms with Crippen LogP contribution in [-0.4, -0.2) is 17.0 Å². The number of thiophene rings is 1. The van der Waals surface area contributed by atoms with E-state index < -0.39 is 11.9 Å². The summed E-state index contributed by atoms with van der Waals surface area (Å²) in [5.41, 5.74) is 2.08. The Morgan fingerprint density at radius 3 is 2.37 bits per heavy atom. The second-order valence-electron chi connectivity index (χ2n) is 5.70. The third-order valence-electron chi connectivity index (χ3n) is 3.89. The van der Waals surface area contributed by atoms with Gasteiger partial charge in [-0.3, -0.25) is 4.79 Å². The van der Waals surface area contributed by atoms with Gasteiger partial charge in [0.1, 0.15) is 10.6 Å². The summed E-state index contributed by atoms with van der Waals surface area (Å²) in [5.74, 6) is -1.62. The van der Waals surface area contributed by atoms with Gasteiger partial charge in [0.2, 0.25) is 0 Å². The van der Waals surface area contributed by atoms with Gasteiger partial charge in [-0.15, -0.1) is 11.3 Å². The van der Waals surface area contributed by atoms with Crippen molar-refractivity contribution in [2.24, 2.45) is 0 Å². The number of amides is 1. The van der Waals surface area contributed by atoms with Crippen LogP contribution in [0, 0.1) is 6.92 Å². The molecule has 1 amide bonds. The number of benzene rings is 2. The van der Waals surface area contributed by atoms with Crippen LogP contribution in [0.15, 0.2) is 41.8 Å². The van der Waals surface area contributed by atoms with Crippen molar-refractivity contribution in [1.29, 1.82) is 0 Å². The van der Waals surface area contributed by atoms with E-state index in [1.54, 1.807) is 29.6 Å². The van der Waals surface area contributed by atoms with E-state index in [-0.39, 0.29) is 10.6 Å². The molecule has 0 unspecified atom stereocenters. The minimum Gasteiger partial charge on any atom is -0.478 e. The van der Waals surface area contributed by atoms with Gasteiger partial charge >= 0.3 is 5.97 Å². The van der Waals surface area contributed by atoms with Crippen molar-refractivity contribution in [3.8, 4) is 11.1 Å². The largest absolute Gasteiger partial charge is 0.478 e. The lowest BCUT2D eigenvalue weighted by atomic mass is 10.0. The average molecular weight is 441 g/mol. The third-order valence-corrected chi connectivity index (χ3v) is 5.74. The molecule has 1 heterocycles. The number of carboxylic acid groups (broad SMARTS) is 1. The molecule has 3 rings (SSSR count). The van der Waals surface area contributed by atoms with Crippen molar-refractivity contribution in [3.05, 3.63) is 73.5 Å². The average Bonchev–Trinajstić information content (AvgIpc) is 3.00. The van der Waals surface area contributed by atoms with Crippen LogP contribution in [0.1, 0.15) is 26.3 Å². The molecule has 4 nitrogen and oxygen atoms in total. The zero-order valence-corrected chi connectivity index (χ0v) is 16.9. The number of aryl methyl sites for hydroxylation is 1. The van der Waals surface area contributed by atoms with Crippen LogP contribution in [0.3, 0.4) is 0 Å². The van der Waals surface area contributed by atoms with E-state index in [2.05, 4.69) is 5.32 Å². The number of halogens is 3. The highest BCUT2D eigenvalue weighted by Crippen LogP contribution is 2.39. The molecule has 0 radical (unpaired) electrons. The Kier molecular flexibility index (Phi) is 5.77. The number of nitrogens with one attached hydrogen (secondary N) is 1. The molecule has 0 atom stereocenters. The van der Waals surface area contributed by atoms with E-state index >= 15 is 0 Å². The lowest BCUT2D eigenvalue weighted by Crippen LogP contribution is -2.13. The van der Waals surface area contributed by atoms with Gasteiger partial charge in [0.15, 0.2) is 0 Å². The van der Waals surface area contributed by atoms with E-state index in [4.69, 9.17) is 34.8 Å². The molecule has 0 bridgehead atoms. The number of carbonyl (C=O) groups is 2. The fourth-order valence-corrected chi connectivity index (χ4v) is 4.12. The van der Waals surface area contributed by atoms with E-state index in [1.807, 2.05) is 6.92 Å². The summed E-state index contributed by atoms with van der Waals surface area (Å²) in [7, 11) is 0. The van der Waals surface area contributed by atoms with Crippen LogP contribution in [-0.2, 0) is 0 Å². The summed E-state index contributed by atoms with van der Waals surface area (Å²) in [6, 6.07) is 9.69. The van der Waals surface area contributed by atoms with Gasteiger partial charge in [-0.05, 0) is 36.8 Å². The molecule has 27 heavy (non-hydrogen) atoms. The Morgan fingerprint density at radius 1 is 1.00 bits per heavy atom. The third kappa shape index (κ3) is 4.12. The molecule has 0 aliphatic carbocycles. The summed E-state index contributed by atoms with van der Waals surface area (Å²) >= 11 is 19.3. The molecule has 138 valence electrons. The first-order valence-electron chi connectivity index (χ1n) is 7.65. The Bertz CT molecular complexity index is 1060. The molecule has 1 aromatic heterocycles. The lowest BCUT2D eigenvalue weighted by Gasteiger charge is -2.08. The molecule has 0 aliphatic rings. The molecular formula is C19H12Cl3NO3S. The number of anilines is 1. The number of carboxylic acids is 1. The van der Waals surface area contributed by atoms with Crippen molar-refractivity contribution in [1.82, 2.24) is 0 Å². The topological polar surface area (TPSA) is 66.4 Å². The van der Waals surface area contributed by atoms with E-state index in [0.717, 1.165) is 16.9 Å². The zero-order valence-electron chi connectivity index (χ0n) is 13.8. The minimum atomic E-state index is -1.17. The summed E-state index contributed by atoms with van der Waals surface area (Å²) < 4.78 is 0. The SMILES string of the molecule is Cc1ccc(C(=O)Nc2scc(-c3ccc(Cl)cc3Cl)c2C(=O)O)cc1Cl. The van der Waals surface area contributed by atoms with Gasteiger partial charge in [0.05, 0.1) is 0 Å². The molecule has 2 aromatic carbocycles. The molecule has 0 saturated carbocycles. The monoisotopic (exact) mass is 439 g/mol. The summed E-state index contributed by atoms with van der Waals surface area (Å²) in [6.07, 6.45) is 0. The highest BCUT2D eigenvalue weighted by molar-refractivity contribution is 7.15. The van der Waals surface area contributed by atoms with Crippen LogP contribution in [0.2, 0.25) is 15.1 Å². The highest BCUT2D eigenvalue weighted by atomic mass is 35.5. The highest BCUT2D eigenvalue weighted by Gasteiger charge is 2.23. The molecule has 0 fully saturated rings. The first kappa shape index (κ1) is 19.7. The molecular weight excluding hydrogens is 429 g/mol. The number of rotatable bonds is 4. The summed E-state index contributed by atoms with van der Waals surface area (Å²) in [5, 5.41) is 15.4. The van der Waals surface area contributed by atoms with Gasteiger partial charge in [-0.25, -0.2) is 4.79 Å². The van der Waals surface area contributed by atoms with Gasteiger partial charge in [0.25, 0.3) is 5.91 Å². The molecule has 8 heteroatoms. The Morgan fingerprint density at radius 2 is 1.74 bits per heavy atom. The summed E-state index contributed by atoms with van der Waals surface area (Å²) in [4.78, 5) is 24.3. The van der Waals surface area contributed by atoms with E-state index in [0.29, 0.717) is 31.8 Å². The van der Waals surface area contributed by atoms with Gasteiger partial charge in [-0.1, -0.05) is 46.9 Å². The van der Waals surface area contributed by atoms with Crippen molar-refractivity contribution < 1.29 is 14.7 Å². The van der Waals surface area contributed by atoms with Crippen LogP contribution < -0.4 is 5.32 Å². The maximum Gasteiger partial charge on any atom is 0.339 e. The number of hydrogen-bond acceptors (Lipinski definition) is 3. The quantitative estimate of drug-likeness (QED) is 0.478. The first-order chi connectivity index (χ1) is 12.8. The first-order valence-corrected chi connectivity index (χ1v) is 9.67. The van der Waals surface area contributed by atoms with Gasteiger partial charge in [-0.2, -0.15) is 0 Å². The smallest absolute Gasteiger partial charge is 0.339 e. The Balaban J connectivity index is 1.99. The van der Waals surface area contributed by atoms with E-state index in [1.165, 1.54) is 12.1 Å². The second-order valence-corrected chi connectivity index (χ2v) is 7.83. The Hall–Kier alpha value is -2.05.